The Morgan fingerprint density at radius 3 is 2.25 bits per heavy atom. The number of hydrogen-bond donors (Lipinski definition) is 3. The Labute approximate surface area is 70.1 Å². The van der Waals surface area contributed by atoms with Gasteiger partial charge >= 0.3 is 5.69 Å². The van der Waals surface area contributed by atoms with Gasteiger partial charge in [0.15, 0.2) is 0 Å². The van der Waals surface area contributed by atoms with Crippen molar-refractivity contribution in [2.75, 3.05) is 37.3 Å². The molecule has 1 rings (SSSR count). The SMILES string of the molecule is CNc1cn(NC)c(=O)n1NC. The number of rotatable bonds is 3. The summed E-state index contributed by atoms with van der Waals surface area (Å²) < 4.78 is 2.78. The van der Waals surface area contributed by atoms with Crippen molar-refractivity contribution in [1.29, 1.82) is 0 Å². The molecule has 0 aliphatic carbocycles. The fourth-order valence-electron chi connectivity index (χ4n) is 0.999. The van der Waals surface area contributed by atoms with Crippen LogP contribution in [0.1, 0.15) is 0 Å². The fraction of sp³-hybridized carbons (Fsp3) is 0.500. The first-order valence-corrected chi connectivity index (χ1v) is 3.62. The summed E-state index contributed by atoms with van der Waals surface area (Å²) in [6.45, 7) is 0. The third-order valence-corrected chi connectivity index (χ3v) is 1.61. The maximum absolute atomic E-state index is 11.4. The monoisotopic (exact) mass is 171 g/mol. The van der Waals surface area contributed by atoms with Gasteiger partial charge in [-0.25, -0.2) is 9.47 Å². The zero-order valence-electron chi connectivity index (χ0n) is 7.38. The molecule has 0 fully saturated rings. The smallest absolute Gasteiger partial charge is 0.367 e. The molecule has 6 heteroatoms. The van der Waals surface area contributed by atoms with Crippen LogP contribution < -0.4 is 21.9 Å². The van der Waals surface area contributed by atoms with Gasteiger partial charge in [-0.1, -0.05) is 0 Å². The van der Waals surface area contributed by atoms with Gasteiger partial charge in [0.05, 0.1) is 6.20 Å². The number of nitrogens with one attached hydrogen (secondary N) is 3. The molecule has 0 saturated heterocycles. The van der Waals surface area contributed by atoms with E-state index in [9.17, 15) is 4.79 Å². The van der Waals surface area contributed by atoms with Crippen LogP contribution in [0.5, 0.6) is 0 Å². The molecule has 0 atom stereocenters. The minimum atomic E-state index is -0.163. The molecule has 0 aliphatic heterocycles. The molecule has 0 aromatic carbocycles. The quantitative estimate of drug-likeness (QED) is 0.548. The van der Waals surface area contributed by atoms with Crippen molar-refractivity contribution in [1.82, 2.24) is 9.35 Å². The summed E-state index contributed by atoms with van der Waals surface area (Å²) in [6, 6.07) is 0. The molecular formula is C6H13N5O. The lowest BCUT2D eigenvalue weighted by molar-refractivity contribution is 0.794. The molecule has 0 spiro atoms. The van der Waals surface area contributed by atoms with Crippen LogP contribution in [0.25, 0.3) is 0 Å². The Hall–Kier alpha value is -1.59. The number of hydrogen-bond acceptors (Lipinski definition) is 4. The highest BCUT2D eigenvalue weighted by Gasteiger charge is 2.06. The molecule has 0 bridgehead atoms. The van der Waals surface area contributed by atoms with Crippen molar-refractivity contribution >= 4 is 5.82 Å². The van der Waals surface area contributed by atoms with Crippen LogP contribution in [-0.2, 0) is 0 Å². The minimum absolute atomic E-state index is 0.163. The van der Waals surface area contributed by atoms with Crippen molar-refractivity contribution < 1.29 is 0 Å². The zero-order valence-corrected chi connectivity index (χ0v) is 7.38. The van der Waals surface area contributed by atoms with Gasteiger partial charge in [-0.3, -0.25) is 0 Å². The van der Waals surface area contributed by atoms with Gasteiger partial charge in [-0.15, -0.1) is 0 Å². The van der Waals surface area contributed by atoms with Crippen LogP contribution in [0.4, 0.5) is 5.82 Å². The average molecular weight is 171 g/mol. The molecule has 1 aromatic heterocycles. The van der Waals surface area contributed by atoms with E-state index in [1.165, 1.54) is 9.35 Å². The molecule has 12 heavy (non-hydrogen) atoms. The van der Waals surface area contributed by atoms with E-state index in [4.69, 9.17) is 0 Å². The van der Waals surface area contributed by atoms with Crippen molar-refractivity contribution in [2.45, 2.75) is 0 Å². The summed E-state index contributed by atoms with van der Waals surface area (Å²) in [5.74, 6) is 0.705. The van der Waals surface area contributed by atoms with Crippen LogP contribution in [0, 0.1) is 0 Å². The van der Waals surface area contributed by atoms with E-state index in [1.54, 1.807) is 27.3 Å². The Balaban J connectivity index is 3.23. The minimum Gasteiger partial charge on any atom is -0.372 e. The van der Waals surface area contributed by atoms with Gasteiger partial charge in [0, 0.05) is 21.1 Å². The van der Waals surface area contributed by atoms with Crippen LogP contribution in [-0.4, -0.2) is 30.5 Å². The van der Waals surface area contributed by atoms with E-state index in [0.717, 1.165) is 0 Å². The first kappa shape index (κ1) is 8.51. The van der Waals surface area contributed by atoms with E-state index in [1.807, 2.05) is 0 Å². The molecule has 0 saturated carbocycles. The van der Waals surface area contributed by atoms with Gasteiger partial charge < -0.3 is 16.2 Å². The van der Waals surface area contributed by atoms with Gasteiger partial charge in [0.25, 0.3) is 0 Å². The number of nitrogens with zero attached hydrogens (tertiary/aromatic N) is 2. The summed E-state index contributed by atoms with van der Waals surface area (Å²) in [5, 5.41) is 2.88. The van der Waals surface area contributed by atoms with Gasteiger partial charge in [0.1, 0.15) is 5.82 Å². The zero-order chi connectivity index (χ0) is 9.14. The largest absolute Gasteiger partial charge is 0.372 e. The lowest BCUT2D eigenvalue weighted by atomic mass is 10.7. The number of imidazole rings is 1. The third kappa shape index (κ3) is 1.11. The van der Waals surface area contributed by atoms with Crippen LogP contribution in [0.15, 0.2) is 11.0 Å². The average Bonchev–Trinajstić information content (AvgIpc) is 2.41. The molecule has 1 aromatic rings. The van der Waals surface area contributed by atoms with E-state index in [2.05, 4.69) is 16.2 Å². The lowest BCUT2D eigenvalue weighted by Crippen LogP contribution is -2.32. The molecule has 3 N–H and O–H groups in total. The van der Waals surface area contributed by atoms with Gasteiger partial charge in [-0.05, 0) is 0 Å². The normalized spacial score (nSPS) is 9.58. The number of anilines is 1. The standard InChI is InChI=1S/C6H13N5O/c1-7-5-4-10(8-2)6(12)11(5)9-3/h4,7-9H,1-3H3. The molecular weight excluding hydrogens is 158 g/mol. The Morgan fingerprint density at radius 1 is 1.25 bits per heavy atom. The van der Waals surface area contributed by atoms with E-state index >= 15 is 0 Å². The summed E-state index contributed by atoms with van der Waals surface area (Å²) in [5.41, 5.74) is 5.32. The second-order valence-corrected chi connectivity index (χ2v) is 2.20. The summed E-state index contributed by atoms with van der Waals surface area (Å²) in [6.07, 6.45) is 1.67. The van der Waals surface area contributed by atoms with Gasteiger partial charge in [-0.2, -0.15) is 4.68 Å². The summed E-state index contributed by atoms with van der Waals surface area (Å²) >= 11 is 0. The highest BCUT2D eigenvalue weighted by atomic mass is 16.2. The van der Waals surface area contributed by atoms with Crippen LogP contribution in [0.2, 0.25) is 0 Å². The first-order chi connectivity index (χ1) is 5.74. The Morgan fingerprint density at radius 2 is 1.92 bits per heavy atom. The fourth-order valence-corrected chi connectivity index (χ4v) is 0.999. The second-order valence-electron chi connectivity index (χ2n) is 2.20. The highest BCUT2D eigenvalue weighted by Crippen LogP contribution is 1.98. The van der Waals surface area contributed by atoms with Crippen molar-refractivity contribution in [3.05, 3.63) is 16.7 Å². The van der Waals surface area contributed by atoms with Gasteiger partial charge in [0.2, 0.25) is 0 Å². The maximum atomic E-state index is 11.4. The molecule has 0 aliphatic rings. The van der Waals surface area contributed by atoms with E-state index in [-0.39, 0.29) is 5.69 Å². The first-order valence-electron chi connectivity index (χ1n) is 3.62. The second kappa shape index (κ2) is 3.21. The van der Waals surface area contributed by atoms with Crippen molar-refractivity contribution in [3.63, 3.8) is 0 Å². The topological polar surface area (TPSA) is 63.0 Å². The molecule has 1 heterocycles. The molecule has 0 amide bonds. The predicted molar refractivity (Wildman–Crippen MR) is 48.8 cm³/mol. The van der Waals surface area contributed by atoms with Crippen LogP contribution >= 0.6 is 0 Å². The van der Waals surface area contributed by atoms with E-state index < -0.39 is 0 Å². The van der Waals surface area contributed by atoms with Crippen LogP contribution in [0.3, 0.4) is 0 Å². The van der Waals surface area contributed by atoms with Crippen molar-refractivity contribution in [3.8, 4) is 0 Å². The van der Waals surface area contributed by atoms with E-state index in [0.29, 0.717) is 5.82 Å². The molecule has 6 nitrogen and oxygen atoms in total. The lowest BCUT2D eigenvalue weighted by Gasteiger charge is -2.02. The number of aromatic nitrogens is 2. The maximum Gasteiger partial charge on any atom is 0.367 e. The summed E-state index contributed by atoms with van der Waals surface area (Å²) in [4.78, 5) is 11.4. The molecule has 0 unspecified atom stereocenters. The Kier molecular flexibility index (Phi) is 2.27. The molecule has 0 radical (unpaired) electrons. The molecule has 68 valence electrons. The summed E-state index contributed by atoms with van der Waals surface area (Å²) in [7, 11) is 5.12. The highest BCUT2D eigenvalue weighted by molar-refractivity contribution is 5.33. The predicted octanol–water partition coefficient (Wildman–Crippen LogP) is -0.962. The Bertz CT molecular complexity index is 312. The van der Waals surface area contributed by atoms with Crippen molar-refractivity contribution in [2.24, 2.45) is 0 Å². The third-order valence-electron chi connectivity index (χ3n) is 1.61.